The predicted molar refractivity (Wildman–Crippen MR) is 85.7 cm³/mol. The van der Waals surface area contributed by atoms with E-state index in [1.54, 1.807) is 0 Å². The Morgan fingerprint density at radius 3 is 2.26 bits per heavy atom. The zero-order chi connectivity index (χ0) is 18.0. The molecule has 0 aromatic heterocycles. The molecule has 0 aliphatic heterocycles. The maximum atomic E-state index is 11.7. The lowest BCUT2D eigenvalue weighted by molar-refractivity contribution is -0.141. The zero-order valence-corrected chi connectivity index (χ0v) is 14.3. The van der Waals surface area contributed by atoms with Crippen LogP contribution in [0.1, 0.15) is 12.8 Å². The number of carboxylic acids is 2. The highest BCUT2D eigenvalue weighted by Crippen LogP contribution is 2.22. The Labute approximate surface area is 140 Å². The molecule has 2 atom stereocenters. The van der Waals surface area contributed by atoms with Crippen molar-refractivity contribution in [3.05, 3.63) is 0 Å². The van der Waals surface area contributed by atoms with E-state index >= 15 is 0 Å². The third-order valence-corrected chi connectivity index (χ3v) is 5.76. The molecule has 0 saturated carbocycles. The molecule has 0 aliphatic carbocycles. The first-order valence-corrected chi connectivity index (χ1v) is 10.3. The Morgan fingerprint density at radius 2 is 1.78 bits per heavy atom. The van der Waals surface area contributed by atoms with E-state index in [1.165, 1.54) is 0 Å². The lowest BCUT2D eigenvalue weighted by Gasteiger charge is -2.17. The molecule has 0 unspecified atom stereocenters. The second-order valence-corrected chi connectivity index (χ2v) is 8.53. The highest BCUT2D eigenvalue weighted by molar-refractivity contribution is 8.76. The summed E-state index contributed by atoms with van der Waals surface area (Å²) in [6.45, 7) is 0. The van der Waals surface area contributed by atoms with Crippen LogP contribution < -0.4 is 11.1 Å². The van der Waals surface area contributed by atoms with Gasteiger partial charge in [0.2, 0.25) is 5.91 Å². The molecular weight excluding hydrogens is 372 g/mol. The molecule has 0 radical (unpaired) electrons. The highest BCUT2D eigenvalue weighted by Gasteiger charge is 2.23. The smallest absolute Gasteiger partial charge is 0.327 e. The monoisotopic (exact) mass is 390 g/mol. The molecule has 0 bridgehead atoms. The molecule has 6 N–H and O–H groups in total. The molecule has 0 fully saturated rings. The molecular formula is C10H18N2O8S3. The van der Waals surface area contributed by atoms with Gasteiger partial charge in [0.25, 0.3) is 10.1 Å². The maximum Gasteiger partial charge on any atom is 0.327 e. The summed E-state index contributed by atoms with van der Waals surface area (Å²) in [5.74, 6) is -3.65. The average molecular weight is 390 g/mol. The number of nitrogens with one attached hydrogen (secondary N) is 1. The van der Waals surface area contributed by atoms with Crippen molar-refractivity contribution in [2.45, 2.75) is 24.9 Å². The number of carbonyl (C=O) groups excluding carboxylic acids is 1. The van der Waals surface area contributed by atoms with Crippen LogP contribution in [0.3, 0.4) is 0 Å². The molecule has 134 valence electrons. The summed E-state index contributed by atoms with van der Waals surface area (Å²) in [5.41, 5.74) is 5.46. The SMILES string of the molecule is N[C@@H](CCC(=O)O)C(=O)N[C@@H](CSSCCS(=O)(=O)O)C(=O)O. The number of hydrogen-bond acceptors (Lipinski definition) is 8. The van der Waals surface area contributed by atoms with Crippen molar-refractivity contribution in [2.24, 2.45) is 5.73 Å². The normalized spacial score (nSPS) is 14.0. The molecule has 10 nitrogen and oxygen atoms in total. The Morgan fingerprint density at radius 1 is 1.17 bits per heavy atom. The molecule has 1 amide bonds. The number of carboxylic acid groups (broad SMARTS) is 2. The van der Waals surface area contributed by atoms with E-state index in [1.807, 2.05) is 0 Å². The van der Waals surface area contributed by atoms with Crippen molar-refractivity contribution in [1.29, 1.82) is 0 Å². The van der Waals surface area contributed by atoms with Crippen LogP contribution in [-0.4, -0.2) is 70.4 Å². The van der Waals surface area contributed by atoms with E-state index in [4.69, 9.17) is 20.5 Å². The minimum absolute atomic E-state index is 0.0527. The molecule has 0 rings (SSSR count). The molecule has 23 heavy (non-hydrogen) atoms. The van der Waals surface area contributed by atoms with E-state index in [9.17, 15) is 22.8 Å². The van der Waals surface area contributed by atoms with Gasteiger partial charge in [-0.15, -0.1) is 0 Å². The van der Waals surface area contributed by atoms with E-state index in [0.29, 0.717) is 0 Å². The molecule has 13 heteroatoms. The van der Waals surface area contributed by atoms with Crippen LogP contribution in [0, 0.1) is 0 Å². The van der Waals surface area contributed by atoms with Gasteiger partial charge in [0.15, 0.2) is 0 Å². The van der Waals surface area contributed by atoms with Gasteiger partial charge in [0.05, 0.1) is 11.8 Å². The van der Waals surface area contributed by atoms with Gasteiger partial charge in [-0.25, -0.2) is 4.79 Å². The molecule has 0 spiro atoms. The first-order valence-electron chi connectivity index (χ1n) is 6.23. The first-order chi connectivity index (χ1) is 10.5. The first kappa shape index (κ1) is 22.0. The number of rotatable bonds is 12. The largest absolute Gasteiger partial charge is 0.481 e. The van der Waals surface area contributed by atoms with E-state index < -0.39 is 45.8 Å². The van der Waals surface area contributed by atoms with Crippen molar-refractivity contribution >= 4 is 49.6 Å². The predicted octanol–water partition coefficient (Wildman–Crippen LogP) is -0.983. The Bertz CT molecular complexity index is 524. The second-order valence-electron chi connectivity index (χ2n) is 4.33. The molecule has 0 aromatic rings. The fourth-order valence-corrected chi connectivity index (χ4v) is 4.53. The summed E-state index contributed by atoms with van der Waals surface area (Å²) < 4.78 is 29.5. The van der Waals surface area contributed by atoms with Crippen molar-refractivity contribution in [1.82, 2.24) is 5.32 Å². The van der Waals surface area contributed by atoms with Gasteiger partial charge in [0, 0.05) is 17.9 Å². The Kier molecular flexibility index (Phi) is 10.2. The van der Waals surface area contributed by atoms with E-state index in [-0.39, 0.29) is 24.3 Å². The van der Waals surface area contributed by atoms with Gasteiger partial charge < -0.3 is 21.3 Å². The third-order valence-electron chi connectivity index (χ3n) is 2.36. The molecule has 0 aliphatic rings. The fourth-order valence-electron chi connectivity index (χ4n) is 1.18. The van der Waals surface area contributed by atoms with Crippen molar-refractivity contribution in [3.8, 4) is 0 Å². The molecule has 0 heterocycles. The Balaban J connectivity index is 4.23. The summed E-state index contributed by atoms with van der Waals surface area (Å²) >= 11 is 0. The summed E-state index contributed by atoms with van der Waals surface area (Å²) in [7, 11) is -2.03. The van der Waals surface area contributed by atoms with Crippen LogP contribution in [-0.2, 0) is 24.5 Å². The quantitative estimate of drug-likeness (QED) is 0.157. The number of amides is 1. The van der Waals surface area contributed by atoms with E-state index in [0.717, 1.165) is 21.6 Å². The van der Waals surface area contributed by atoms with Crippen LogP contribution >= 0.6 is 21.6 Å². The van der Waals surface area contributed by atoms with Crippen molar-refractivity contribution in [2.75, 3.05) is 17.3 Å². The summed E-state index contributed by atoms with van der Waals surface area (Å²) in [6.07, 6.45) is -0.434. The lowest BCUT2D eigenvalue weighted by atomic mass is 10.1. The highest BCUT2D eigenvalue weighted by atomic mass is 33.1. The van der Waals surface area contributed by atoms with E-state index in [2.05, 4.69) is 5.32 Å². The van der Waals surface area contributed by atoms with Gasteiger partial charge in [-0.2, -0.15) is 8.42 Å². The summed E-state index contributed by atoms with van der Waals surface area (Å²) in [6, 6.07) is -2.38. The van der Waals surface area contributed by atoms with Crippen molar-refractivity contribution < 1.29 is 37.6 Å². The number of carbonyl (C=O) groups is 3. The van der Waals surface area contributed by atoms with Crippen molar-refractivity contribution in [3.63, 3.8) is 0 Å². The molecule has 0 aromatic carbocycles. The number of nitrogens with two attached hydrogens (primary N) is 1. The number of hydrogen-bond donors (Lipinski definition) is 5. The van der Waals surface area contributed by atoms with Gasteiger partial charge in [-0.3, -0.25) is 14.1 Å². The van der Waals surface area contributed by atoms with Gasteiger partial charge in [0.1, 0.15) is 6.04 Å². The van der Waals surface area contributed by atoms with Crippen LogP contribution in [0.4, 0.5) is 0 Å². The van der Waals surface area contributed by atoms with Gasteiger partial charge in [-0.05, 0) is 6.42 Å². The minimum Gasteiger partial charge on any atom is -0.481 e. The third kappa shape index (κ3) is 12.1. The lowest BCUT2D eigenvalue weighted by Crippen LogP contribution is -2.49. The summed E-state index contributed by atoms with van der Waals surface area (Å²) in [5, 5.41) is 19.7. The molecule has 0 saturated heterocycles. The zero-order valence-electron chi connectivity index (χ0n) is 11.9. The maximum absolute atomic E-state index is 11.7. The Hall–Kier alpha value is -1.02. The number of aliphatic carboxylic acids is 2. The van der Waals surface area contributed by atoms with Crippen LogP contribution in [0.5, 0.6) is 0 Å². The topological polar surface area (TPSA) is 184 Å². The van der Waals surface area contributed by atoms with Crippen LogP contribution in [0.25, 0.3) is 0 Å². The minimum atomic E-state index is -4.07. The van der Waals surface area contributed by atoms with Gasteiger partial charge >= 0.3 is 11.9 Å². The summed E-state index contributed by atoms with van der Waals surface area (Å²) in [4.78, 5) is 33.1. The standard InChI is InChI=1S/C10H18N2O8S3/c11-6(1-2-8(13)14)9(15)12-7(10(16)17)5-22-21-3-4-23(18,19)20/h6-7H,1-5,11H2,(H,12,15)(H,13,14)(H,16,17)(H,18,19,20)/t6-,7-/m0/s1. The van der Waals surface area contributed by atoms with Gasteiger partial charge in [-0.1, -0.05) is 21.6 Å². The van der Waals surface area contributed by atoms with Crippen LogP contribution in [0.2, 0.25) is 0 Å². The fraction of sp³-hybridized carbons (Fsp3) is 0.700. The second kappa shape index (κ2) is 10.7. The average Bonchev–Trinajstić information content (AvgIpc) is 2.41. The van der Waals surface area contributed by atoms with Crippen LogP contribution in [0.15, 0.2) is 0 Å².